The summed E-state index contributed by atoms with van der Waals surface area (Å²) in [5, 5.41) is 18.1. The predicted molar refractivity (Wildman–Crippen MR) is 134 cm³/mol. The van der Waals surface area contributed by atoms with Crippen molar-refractivity contribution in [1.82, 2.24) is 4.57 Å². The molecule has 34 heavy (non-hydrogen) atoms. The molecule has 3 N–H and O–H groups in total. The van der Waals surface area contributed by atoms with Crippen LogP contribution >= 0.6 is 0 Å². The number of fused-ring (bicyclic) bond motifs is 1. The Bertz CT molecular complexity index is 1280. The van der Waals surface area contributed by atoms with E-state index in [0.717, 1.165) is 47.1 Å². The second kappa shape index (κ2) is 9.22. The average Bonchev–Trinajstić information content (AvgIpc) is 3.61. The molecule has 2 aromatic carbocycles. The summed E-state index contributed by atoms with van der Waals surface area (Å²) in [7, 11) is 0. The lowest BCUT2D eigenvalue weighted by Gasteiger charge is -2.30. The molecule has 0 spiro atoms. The van der Waals surface area contributed by atoms with Crippen molar-refractivity contribution in [3.05, 3.63) is 48.0 Å². The van der Waals surface area contributed by atoms with Crippen LogP contribution in [0.5, 0.6) is 11.5 Å². The van der Waals surface area contributed by atoms with Crippen LogP contribution in [0, 0.1) is 22.7 Å². The summed E-state index contributed by atoms with van der Waals surface area (Å²) in [6, 6.07) is 16.7. The van der Waals surface area contributed by atoms with Crippen molar-refractivity contribution in [3.8, 4) is 28.8 Å². The predicted octanol–water partition coefficient (Wildman–Crippen LogP) is 5.43. The highest BCUT2D eigenvalue weighted by Crippen LogP contribution is 2.43. The zero-order chi connectivity index (χ0) is 23.7. The first kappa shape index (κ1) is 22.0. The van der Waals surface area contributed by atoms with Gasteiger partial charge >= 0.3 is 0 Å². The Hall–Kier alpha value is -3.79. The van der Waals surface area contributed by atoms with Crippen molar-refractivity contribution >= 4 is 23.1 Å². The number of nitrogens with zero attached hydrogens (tertiary/aromatic N) is 3. The summed E-state index contributed by atoms with van der Waals surface area (Å²) in [5.41, 5.74) is 9.38. The number of hydrogen-bond donors (Lipinski definition) is 2. The van der Waals surface area contributed by atoms with Crippen molar-refractivity contribution in [1.29, 1.82) is 10.7 Å². The molecule has 0 aliphatic heterocycles. The summed E-state index contributed by atoms with van der Waals surface area (Å²) in [4.78, 5) is 3.73. The Balaban J connectivity index is 1.53. The number of ether oxygens (including phenoxy) is 2. The van der Waals surface area contributed by atoms with Crippen LogP contribution < -0.4 is 15.2 Å². The number of hydrogen-bond acceptors (Lipinski definition) is 4. The Morgan fingerprint density at radius 1 is 1.21 bits per heavy atom. The van der Waals surface area contributed by atoms with E-state index in [1.807, 2.05) is 30.3 Å². The van der Waals surface area contributed by atoms with Gasteiger partial charge in [0.2, 0.25) is 0 Å². The lowest BCUT2D eigenvalue weighted by Crippen LogP contribution is -2.21. The van der Waals surface area contributed by atoms with Gasteiger partial charge in [-0.3, -0.25) is 5.41 Å². The molecule has 2 aliphatic carbocycles. The summed E-state index contributed by atoms with van der Waals surface area (Å²) < 4.78 is 14.2. The summed E-state index contributed by atoms with van der Waals surface area (Å²) in [6.45, 7) is 2.24. The molecule has 0 amide bonds. The van der Waals surface area contributed by atoms with E-state index in [4.69, 9.17) is 20.6 Å². The fourth-order valence-electron chi connectivity index (χ4n) is 4.65. The molecule has 2 fully saturated rings. The average molecular weight is 456 g/mol. The molecule has 0 bridgehead atoms. The number of rotatable bonds is 9. The SMILES string of the molecule is CC(Oc1ccc(-c2c(C#N)c3ccc(OCC(N)=NC=N)cc3n2C2CCC2)cc1)C1CC1. The minimum absolute atomic E-state index is 0.101. The number of nitriles is 1. The number of aliphatic imine (C=N–C) groups is 1. The fourth-order valence-corrected chi connectivity index (χ4v) is 4.65. The zero-order valence-corrected chi connectivity index (χ0v) is 19.3. The number of aromatic nitrogens is 1. The molecule has 5 rings (SSSR count). The van der Waals surface area contributed by atoms with E-state index in [-0.39, 0.29) is 18.5 Å². The summed E-state index contributed by atoms with van der Waals surface area (Å²) in [5.74, 6) is 2.44. The van der Waals surface area contributed by atoms with Crippen molar-refractivity contribution in [2.45, 2.75) is 51.2 Å². The van der Waals surface area contributed by atoms with Gasteiger partial charge in [-0.15, -0.1) is 0 Å². The second-order valence-electron chi connectivity index (χ2n) is 9.19. The monoisotopic (exact) mass is 455 g/mol. The highest BCUT2D eigenvalue weighted by molar-refractivity contribution is 5.95. The van der Waals surface area contributed by atoms with Gasteiger partial charge in [0.05, 0.1) is 22.9 Å². The minimum Gasteiger partial charge on any atom is -0.490 e. The molecule has 2 aliphatic rings. The maximum atomic E-state index is 10.1. The quantitative estimate of drug-likeness (QED) is 0.331. The number of nitrogens with two attached hydrogens (primary N) is 1. The van der Waals surface area contributed by atoms with Gasteiger partial charge in [-0.05, 0) is 86.9 Å². The molecule has 1 unspecified atom stereocenters. The van der Waals surface area contributed by atoms with Crippen LogP contribution in [-0.4, -0.2) is 29.5 Å². The van der Waals surface area contributed by atoms with Gasteiger partial charge in [0.25, 0.3) is 0 Å². The van der Waals surface area contributed by atoms with Gasteiger partial charge in [-0.2, -0.15) is 5.26 Å². The molecule has 0 saturated heterocycles. The van der Waals surface area contributed by atoms with E-state index >= 15 is 0 Å². The van der Waals surface area contributed by atoms with Crippen molar-refractivity contribution in [3.63, 3.8) is 0 Å². The maximum Gasteiger partial charge on any atom is 0.145 e. The number of nitrogens with one attached hydrogen (secondary N) is 1. The Kier molecular flexibility index (Phi) is 5.97. The van der Waals surface area contributed by atoms with E-state index in [1.54, 1.807) is 0 Å². The van der Waals surface area contributed by atoms with Crippen LogP contribution in [0.15, 0.2) is 47.5 Å². The van der Waals surface area contributed by atoms with Crippen molar-refractivity contribution in [2.75, 3.05) is 6.61 Å². The fraction of sp³-hybridized carbons (Fsp3) is 0.370. The van der Waals surface area contributed by atoms with E-state index < -0.39 is 0 Å². The van der Waals surface area contributed by atoms with Crippen LogP contribution in [0.3, 0.4) is 0 Å². The van der Waals surface area contributed by atoms with Crippen molar-refractivity contribution in [2.24, 2.45) is 16.6 Å². The molecular weight excluding hydrogens is 426 g/mol. The smallest absolute Gasteiger partial charge is 0.145 e. The van der Waals surface area contributed by atoms with Crippen LogP contribution in [0.2, 0.25) is 0 Å². The molecule has 1 heterocycles. The van der Waals surface area contributed by atoms with E-state index in [2.05, 4.69) is 34.7 Å². The standard InChI is InChI=1S/C27H29N5O2/c1-17(18-5-6-18)34-21-9-7-19(8-10-21)27-24(14-28)23-12-11-22(33-15-26(30)31-16-29)13-25(23)32(27)20-3-2-4-20/h7-13,16-18,20H,2-6,15H2,1H3,(H3,29,30,31). The minimum atomic E-state index is 0.101. The first-order chi connectivity index (χ1) is 16.6. The molecule has 174 valence electrons. The summed E-state index contributed by atoms with van der Waals surface area (Å²) >= 11 is 0. The maximum absolute atomic E-state index is 10.1. The topological polar surface area (TPSA) is 109 Å². The molecule has 7 heteroatoms. The van der Waals surface area contributed by atoms with Crippen LogP contribution in [0.4, 0.5) is 0 Å². The lowest BCUT2D eigenvalue weighted by atomic mass is 9.92. The first-order valence-electron chi connectivity index (χ1n) is 11.9. The van der Waals surface area contributed by atoms with Gasteiger partial charge in [0.1, 0.15) is 36.3 Å². The van der Waals surface area contributed by atoms with E-state index in [9.17, 15) is 5.26 Å². The Morgan fingerprint density at radius 2 is 1.94 bits per heavy atom. The third-order valence-electron chi connectivity index (χ3n) is 6.88. The normalized spacial score (nSPS) is 17.1. The van der Waals surface area contributed by atoms with Crippen molar-refractivity contribution < 1.29 is 9.47 Å². The highest BCUT2D eigenvalue weighted by atomic mass is 16.5. The van der Waals surface area contributed by atoms with Gasteiger partial charge < -0.3 is 19.8 Å². The lowest BCUT2D eigenvalue weighted by molar-refractivity contribution is 0.198. The van der Waals surface area contributed by atoms with E-state index in [1.165, 1.54) is 19.3 Å². The van der Waals surface area contributed by atoms with Gasteiger partial charge in [-0.25, -0.2) is 4.99 Å². The summed E-state index contributed by atoms with van der Waals surface area (Å²) in [6.07, 6.45) is 7.00. The number of amidine groups is 1. The molecule has 2 saturated carbocycles. The molecule has 7 nitrogen and oxygen atoms in total. The molecule has 1 atom stereocenters. The third kappa shape index (κ3) is 4.24. The Labute approximate surface area is 199 Å². The van der Waals surface area contributed by atoms with Gasteiger partial charge in [0.15, 0.2) is 0 Å². The van der Waals surface area contributed by atoms with Gasteiger partial charge in [-0.1, -0.05) is 0 Å². The molecular formula is C27H29N5O2. The highest BCUT2D eigenvalue weighted by Gasteiger charge is 2.30. The largest absolute Gasteiger partial charge is 0.490 e. The van der Waals surface area contributed by atoms with Crippen LogP contribution in [0.25, 0.3) is 22.2 Å². The second-order valence-corrected chi connectivity index (χ2v) is 9.19. The molecule has 1 aromatic heterocycles. The molecule has 0 radical (unpaired) electrons. The number of benzene rings is 2. The zero-order valence-electron chi connectivity index (χ0n) is 19.3. The van der Waals surface area contributed by atoms with Crippen LogP contribution in [0.1, 0.15) is 50.6 Å². The first-order valence-corrected chi connectivity index (χ1v) is 11.9. The Morgan fingerprint density at radius 3 is 2.56 bits per heavy atom. The third-order valence-corrected chi connectivity index (χ3v) is 6.88. The van der Waals surface area contributed by atoms with Gasteiger partial charge in [0, 0.05) is 17.5 Å². The molecule has 3 aromatic rings. The van der Waals surface area contributed by atoms with E-state index in [0.29, 0.717) is 23.3 Å². The van der Waals surface area contributed by atoms with Crippen LogP contribution in [-0.2, 0) is 0 Å².